The van der Waals surface area contributed by atoms with E-state index < -0.39 is 7.53 Å². The van der Waals surface area contributed by atoms with E-state index in [4.69, 9.17) is 0 Å². The van der Waals surface area contributed by atoms with Gasteiger partial charge in [0.05, 0.1) is 21.5 Å². The molecular formula is C36H29N2P. The lowest BCUT2D eigenvalue weighted by atomic mass is 10.1. The maximum atomic E-state index is 3.95. The molecule has 7 rings (SSSR count). The van der Waals surface area contributed by atoms with Crippen LogP contribution in [0.15, 0.2) is 140 Å². The maximum absolute atomic E-state index is 3.95. The molecule has 0 saturated carbocycles. The third kappa shape index (κ3) is 3.56. The van der Waals surface area contributed by atoms with E-state index in [1.165, 1.54) is 59.8 Å². The molecule has 1 unspecified atom stereocenters. The Morgan fingerprint density at radius 3 is 2.00 bits per heavy atom. The quantitative estimate of drug-likeness (QED) is 0.193. The lowest BCUT2D eigenvalue weighted by molar-refractivity contribution is 1.17. The molecule has 0 saturated heterocycles. The Morgan fingerprint density at radius 2 is 1.31 bits per heavy atom. The molecule has 188 valence electrons. The van der Waals surface area contributed by atoms with Crippen LogP contribution in [0.3, 0.4) is 0 Å². The van der Waals surface area contributed by atoms with Crippen LogP contribution < -0.4 is 0 Å². The average Bonchev–Trinajstić information content (AvgIpc) is 3.61. The normalized spacial score (nSPS) is 12.9. The van der Waals surface area contributed by atoms with Gasteiger partial charge in [0.1, 0.15) is 0 Å². The van der Waals surface area contributed by atoms with E-state index in [0.29, 0.717) is 0 Å². The molecule has 4 aromatic carbocycles. The standard InChI is InChI=1S/C36H29N2P/c1-3-5-17-26(16-4-2)37-31-24-14-12-22-29(31)33-34-30-23-13-15-25-32(30)38(27-18-8-6-9-19-27)36(34)39(35(33)37)28-20-10-7-11-21-28/h3,5-25H,1,4H2,2H3. The fraction of sp³-hybridized carbons (Fsp3) is 0.0556. The van der Waals surface area contributed by atoms with Crippen LogP contribution in [0.1, 0.15) is 13.3 Å². The van der Waals surface area contributed by atoms with E-state index in [9.17, 15) is 0 Å². The first-order chi connectivity index (χ1) is 19.3. The van der Waals surface area contributed by atoms with Crippen LogP contribution in [-0.2, 0) is 0 Å². The van der Waals surface area contributed by atoms with Gasteiger partial charge in [-0.15, -0.1) is 0 Å². The number of para-hydroxylation sites is 3. The van der Waals surface area contributed by atoms with Crippen LogP contribution >= 0.6 is 7.53 Å². The summed E-state index contributed by atoms with van der Waals surface area (Å²) in [6, 6.07) is 39.7. The number of fused-ring (bicyclic) bond motifs is 7. The van der Waals surface area contributed by atoms with Crippen molar-refractivity contribution in [3.8, 4) is 11.0 Å². The molecule has 0 N–H and O–H groups in total. The van der Waals surface area contributed by atoms with Crippen LogP contribution in [0.4, 0.5) is 0 Å². The first-order valence-electron chi connectivity index (χ1n) is 13.5. The van der Waals surface area contributed by atoms with E-state index in [0.717, 1.165) is 6.42 Å². The van der Waals surface area contributed by atoms with Crippen molar-refractivity contribution in [3.05, 3.63) is 140 Å². The van der Waals surface area contributed by atoms with Gasteiger partial charge in [0.25, 0.3) is 0 Å². The number of allylic oxidation sites excluding steroid dienone is 5. The third-order valence-corrected chi connectivity index (χ3v) is 9.99. The summed E-state index contributed by atoms with van der Waals surface area (Å²) in [7, 11) is -0.864. The maximum Gasteiger partial charge on any atom is 0.0805 e. The number of benzene rings is 4. The van der Waals surface area contributed by atoms with Crippen LogP contribution in [0.2, 0.25) is 0 Å². The minimum Gasteiger partial charge on any atom is -0.306 e. The molecule has 39 heavy (non-hydrogen) atoms. The Hall–Kier alpha value is -4.52. The van der Waals surface area contributed by atoms with Gasteiger partial charge in [-0.25, -0.2) is 0 Å². The summed E-state index contributed by atoms with van der Waals surface area (Å²) < 4.78 is 5.04. The zero-order valence-corrected chi connectivity index (χ0v) is 22.9. The number of aromatic nitrogens is 2. The lowest BCUT2D eigenvalue weighted by Crippen LogP contribution is -1.95. The highest BCUT2D eigenvalue weighted by atomic mass is 31.1. The Labute approximate surface area is 229 Å². The second-order valence-electron chi connectivity index (χ2n) is 9.74. The van der Waals surface area contributed by atoms with E-state index in [1.807, 2.05) is 6.08 Å². The second-order valence-corrected chi connectivity index (χ2v) is 11.8. The van der Waals surface area contributed by atoms with Crippen molar-refractivity contribution in [1.29, 1.82) is 0 Å². The van der Waals surface area contributed by atoms with Crippen molar-refractivity contribution in [1.82, 2.24) is 9.13 Å². The van der Waals surface area contributed by atoms with E-state index in [2.05, 4.69) is 150 Å². The predicted octanol–water partition coefficient (Wildman–Crippen LogP) is 10.9. The highest BCUT2D eigenvalue weighted by molar-refractivity contribution is 7.67. The third-order valence-electron chi connectivity index (χ3n) is 7.48. The van der Waals surface area contributed by atoms with Gasteiger partial charge in [-0.2, -0.15) is 0 Å². The molecule has 0 fully saturated rings. The topological polar surface area (TPSA) is 9.86 Å². The molecule has 2 nitrogen and oxygen atoms in total. The summed E-state index contributed by atoms with van der Waals surface area (Å²) >= 11 is 0. The minimum absolute atomic E-state index is 0.864. The molecule has 0 spiro atoms. The van der Waals surface area contributed by atoms with Gasteiger partial charge < -0.3 is 9.13 Å². The van der Waals surface area contributed by atoms with Crippen molar-refractivity contribution in [2.45, 2.75) is 13.3 Å². The van der Waals surface area contributed by atoms with Gasteiger partial charge in [0, 0.05) is 38.2 Å². The fourth-order valence-corrected chi connectivity index (χ4v) is 8.92. The zero-order chi connectivity index (χ0) is 26.3. The minimum atomic E-state index is -0.864. The van der Waals surface area contributed by atoms with E-state index in [1.54, 1.807) is 0 Å². The summed E-state index contributed by atoms with van der Waals surface area (Å²) in [6.45, 7) is 6.16. The van der Waals surface area contributed by atoms with Crippen molar-refractivity contribution in [2.75, 3.05) is 0 Å². The average molecular weight is 521 g/mol. The highest BCUT2D eigenvalue weighted by Crippen LogP contribution is 2.60. The van der Waals surface area contributed by atoms with Gasteiger partial charge in [-0.3, -0.25) is 0 Å². The predicted molar refractivity (Wildman–Crippen MR) is 172 cm³/mol. The zero-order valence-electron chi connectivity index (χ0n) is 22.0. The molecule has 0 radical (unpaired) electrons. The lowest BCUT2D eigenvalue weighted by Gasteiger charge is -2.14. The summed E-state index contributed by atoms with van der Waals surface area (Å²) in [5, 5.41) is 9.51. The van der Waals surface area contributed by atoms with Gasteiger partial charge in [0.2, 0.25) is 0 Å². The van der Waals surface area contributed by atoms with E-state index >= 15 is 0 Å². The van der Waals surface area contributed by atoms with Crippen molar-refractivity contribution in [2.24, 2.45) is 0 Å². The molecule has 7 aromatic rings. The highest BCUT2D eigenvalue weighted by Gasteiger charge is 2.27. The SMILES string of the molecule is C=CC=CC(=CCC)n1c2ccccc2c2c3c4ccccc4n(-c4ccccc4)c3p(-c3ccccc3)c21. The van der Waals surface area contributed by atoms with Crippen molar-refractivity contribution in [3.63, 3.8) is 0 Å². The molecular weight excluding hydrogens is 491 g/mol. The van der Waals surface area contributed by atoms with Crippen LogP contribution in [0.25, 0.3) is 59.8 Å². The molecule has 3 heteroatoms. The van der Waals surface area contributed by atoms with Gasteiger partial charge in [-0.1, -0.05) is 117 Å². The summed E-state index contributed by atoms with van der Waals surface area (Å²) in [6.07, 6.45) is 9.40. The Kier molecular flexibility index (Phi) is 5.84. The summed E-state index contributed by atoms with van der Waals surface area (Å²) in [5.74, 6) is 0. The molecule has 3 aromatic heterocycles. The summed E-state index contributed by atoms with van der Waals surface area (Å²) in [4.78, 5) is 0. The van der Waals surface area contributed by atoms with Gasteiger partial charge in [0.15, 0.2) is 0 Å². The number of nitrogens with zero attached hydrogens (tertiary/aromatic N) is 2. The molecule has 3 heterocycles. The largest absolute Gasteiger partial charge is 0.306 e. The Balaban J connectivity index is 1.81. The van der Waals surface area contributed by atoms with Crippen LogP contribution in [0.5, 0.6) is 0 Å². The van der Waals surface area contributed by atoms with Gasteiger partial charge in [-0.05, 0) is 44.3 Å². The first kappa shape index (κ1) is 23.6. The number of hydrogen-bond donors (Lipinski definition) is 0. The summed E-state index contributed by atoms with van der Waals surface area (Å²) in [5.41, 5.74) is 4.91. The molecule has 0 aliphatic carbocycles. The van der Waals surface area contributed by atoms with E-state index in [-0.39, 0.29) is 0 Å². The number of rotatable bonds is 6. The number of hydrogen-bond acceptors (Lipinski definition) is 0. The molecule has 0 amide bonds. The smallest absolute Gasteiger partial charge is 0.0805 e. The molecule has 0 aliphatic rings. The fourth-order valence-electron chi connectivity index (χ4n) is 6.00. The molecule has 0 aliphatic heterocycles. The van der Waals surface area contributed by atoms with Crippen molar-refractivity contribution < 1.29 is 0 Å². The Morgan fingerprint density at radius 1 is 0.718 bits per heavy atom. The second kappa shape index (κ2) is 9.66. The van der Waals surface area contributed by atoms with Crippen LogP contribution in [0, 0.1) is 0 Å². The van der Waals surface area contributed by atoms with Crippen LogP contribution in [-0.4, -0.2) is 9.13 Å². The molecule has 0 bridgehead atoms. The Bertz CT molecular complexity index is 2050. The molecule has 1 atom stereocenters. The first-order valence-corrected chi connectivity index (χ1v) is 14.8. The van der Waals surface area contributed by atoms with Crippen molar-refractivity contribution >= 4 is 56.3 Å². The monoisotopic (exact) mass is 520 g/mol. The van der Waals surface area contributed by atoms with Gasteiger partial charge >= 0.3 is 0 Å².